The molecule has 0 atom stereocenters. The van der Waals surface area contributed by atoms with Gasteiger partial charge < -0.3 is 9.31 Å². The zero-order valence-corrected chi connectivity index (χ0v) is 17.8. The predicted octanol–water partition coefficient (Wildman–Crippen LogP) is 5.95. The number of hydrogen-bond acceptors (Lipinski definition) is 2. The third-order valence-corrected chi connectivity index (χ3v) is 6.81. The monoisotopic (exact) mass is 412 g/mol. The molecule has 0 N–H and O–H groups in total. The lowest BCUT2D eigenvalue weighted by molar-refractivity contribution is 0.121. The smallest absolute Gasteiger partial charge is 0.407 e. The highest BCUT2D eigenvalue weighted by atomic mass is 19.2. The second-order valence-electron chi connectivity index (χ2n) is 8.90. The van der Waals surface area contributed by atoms with Crippen LogP contribution in [0.5, 0.6) is 0 Å². The second-order valence-corrected chi connectivity index (χ2v) is 8.90. The van der Waals surface area contributed by atoms with Crippen LogP contribution in [0.4, 0.5) is 8.78 Å². The molecule has 1 heterocycles. The van der Waals surface area contributed by atoms with Gasteiger partial charge in [-0.3, -0.25) is 0 Å². The van der Waals surface area contributed by atoms with Crippen LogP contribution < -0.4 is 5.46 Å². The molecule has 0 aromatic heterocycles. The van der Waals surface area contributed by atoms with E-state index in [0.29, 0.717) is 24.6 Å². The molecule has 5 heteroatoms. The lowest BCUT2D eigenvalue weighted by atomic mass is 9.76. The van der Waals surface area contributed by atoms with E-state index in [4.69, 9.17) is 9.31 Å². The Bertz CT molecular complexity index is 810. The molecule has 2 fully saturated rings. The van der Waals surface area contributed by atoms with Gasteiger partial charge in [-0.25, -0.2) is 8.78 Å². The van der Waals surface area contributed by atoms with Gasteiger partial charge in [0.2, 0.25) is 0 Å². The van der Waals surface area contributed by atoms with E-state index in [2.05, 4.69) is 31.2 Å². The zero-order chi connectivity index (χ0) is 20.9. The number of halogens is 2. The SMILES string of the molecule is CCCCC1CCC(c2ccc(C3COB(c4ccc(F)c(F)c4)OC3)cc2)CC1. The van der Waals surface area contributed by atoms with Crippen molar-refractivity contribution in [2.75, 3.05) is 13.2 Å². The van der Waals surface area contributed by atoms with E-state index < -0.39 is 18.8 Å². The highest BCUT2D eigenvalue weighted by Crippen LogP contribution is 2.38. The van der Waals surface area contributed by atoms with Gasteiger partial charge in [0, 0.05) is 19.1 Å². The average Bonchev–Trinajstić information content (AvgIpc) is 2.80. The first-order chi connectivity index (χ1) is 14.6. The molecular formula is C25H31BF2O2. The fourth-order valence-electron chi connectivity index (χ4n) is 4.86. The lowest BCUT2D eigenvalue weighted by Gasteiger charge is -2.30. The molecule has 4 rings (SSSR count). The summed E-state index contributed by atoms with van der Waals surface area (Å²) >= 11 is 0. The van der Waals surface area contributed by atoms with Gasteiger partial charge in [0.25, 0.3) is 0 Å². The molecule has 0 unspecified atom stereocenters. The minimum Gasteiger partial charge on any atom is -0.407 e. The zero-order valence-electron chi connectivity index (χ0n) is 17.8. The van der Waals surface area contributed by atoms with Crippen LogP contribution in [0.2, 0.25) is 0 Å². The van der Waals surface area contributed by atoms with Gasteiger partial charge >= 0.3 is 7.12 Å². The molecule has 2 aliphatic rings. The Balaban J connectivity index is 1.29. The minimum absolute atomic E-state index is 0.158. The summed E-state index contributed by atoms with van der Waals surface area (Å²) in [7, 11) is -0.640. The topological polar surface area (TPSA) is 18.5 Å². The molecule has 30 heavy (non-hydrogen) atoms. The molecule has 1 saturated carbocycles. The molecule has 2 nitrogen and oxygen atoms in total. The van der Waals surface area contributed by atoms with Crippen LogP contribution in [0.3, 0.4) is 0 Å². The van der Waals surface area contributed by atoms with Gasteiger partial charge in [-0.15, -0.1) is 0 Å². The van der Waals surface area contributed by atoms with Crippen molar-refractivity contribution in [2.24, 2.45) is 5.92 Å². The Labute approximate surface area is 179 Å². The summed E-state index contributed by atoms with van der Waals surface area (Å²) in [5, 5.41) is 0. The molecule has 160 valence electrons. The molecule has 0 spiro atoms. The Morgan fingerprint density at radius 1 is 0.833 bits per heavy atom. The van der Waals surface area contributed by atoms with E-state index in [0.717, 1.165) is 18.1 Å². The highest BCUT2D eigenvalue weighted by molar-refractivity contribution is 6.61. The van der Waals surface area contributed by atoms with Gasteiger partial charge in [-0.05, 0) is 66.2 Å². The number of rotatable bonds is 6. The van der Waals surface area contributed by atoms with Gasteiger partial charge in [0.1, 0.15) is 0 Å². The molecule has 1 saturated heterocycles. The normalized spacial score (nSPS) is 23.0. The summed E-state index contributed by atoms with van der Waals surface area (Å²) in [6.07, 6.45) is 9.40. The fraction of sp³-hybridized carbons (Fsp3) is 0.520. The van der Waals surface area contributed by atoms with Gasteiger partial charge in [0.15, 0.2) is 11.6 Å². The Morgan fingerprint density at radius 2 is 1.47 bits per heavy atom. The van der Waals surface area contributed by atoms with E-state index in [1.54, 1.807) is 0 Å². The maximum atomic E-state index is 13.5. The van der Waals surface area contributed by atoms with Crippen LogP contribution in [0, 0.1) is 17.6 Å². The van der Waals surface area contributed by atoms with E-state index in [9.17, 15) is 8.78 Å². The van der Waals surface area contributed by atoms with Gasteiger partial charge in [-0.2, -0.15) is 0 Å². The summed E-state index contributed by atoms with van der Waals surface area (Å²) in [6, 6.07) is 12.7. The third kappa shape index (κ3) is 5.12. The van der Waals surface area contributed by atoms with E-state index in [-0.39, 0.29) is 5.92 Å². The predicted molar refractivity (Wildman–Crippen MR) is 117 cm³/mol. The number of unbranched alkanes of at least 4 members (excludes halogenated alkanes) is 1. The molecule has 1 aliphatic carbocycles. The second kappa shape index (κ2) is 10.1. The Kier molecular flexibility index (Phi) is 7.22. The van der Waals surface area contributed by atoms with Crippen LogP contribution in [-0.2, 0) is 9.31 Å². The van der Waals surface area contributed by atoms with Crippen molar-refractivity contribution in [3.8, 4) is 0 Å². The molecular weight excluding hydrogens is 381 g/mol. The van der Waals surface area contributed by atoms with Crippen molar-refractivity contribution < 1.29 is 18.1 Å². The summed E-state index contributed by atoms with van der Waals surface area (Å²) in [4.78, 5) is 0. The molecule has 0 bridgehead atoms. The molecule has 1 aliphatic heterocycles. The largest absolute Gasteiger partial charge is 0.494 e. The Morgan fingerprint density at radius 3 is 2.07 bits per heavy atom. The summed E-state index contributed by atoms with van der Waals surface area (Å²) in [5.74, 6) is 0.0391. The number of benzene rings is 2. The van der Waals surface area contributed by atoms with Crippen LogP contribution >= 0.6 is 0 Å². The van der Waals surface area contributed by atoms with Crippen molar-refractivity contribution in [2.45, 2.75) is 63.7 Å². The summed E-state index contributed by atoms with van der Waals surface area (Å²) in [5.41, 5.74) is 3.17. The van der Waals surface area contributed by atoms with Gasteiger partial charge in [0.05, 0.1) is 0 Å². The van der Waals surface area contributed by atoms with Crippen molar-refractivity contribution in [3.63, 3.8) is 0 Å². The molecule has 2 aromatic rings. The standard InChI is InChI=1S/C25H31BF2O2/c1-2-3-4-18-5-7-19(8-6-18)20-9-11-21(12-10-20)22-16-29-26(30-17-22)23-13-14-24(27)25(28)15-23/h9-15,18-19,22H,2-8,16-17H2,1H3. The van der Waals surface area contributed by atoms with Gasteiger partial charge in [-0.1, -0.05) is 56.5 Å². The van der Waals surface area contributed by atoms with Crippen molar-refractivity contribution in [1.29, 1.82) is 0 Å². The van der Waals surface area contributed by atoms with Crippen LogP contribution in [0.1, 0.15) is 74.8 Å². The molecule has 2 aromatic carbocycles. The maximum Gasteiger partial charge on any atom is 0.494 e. The first-order valence-corrected chi connectivity index (χ1v) is 11.4. The van der Waals surface area contributed by atoms with Crippen LogP contribution in [0.25, 0.3) is 0 Å². The first-order valence-electron chi connectivity index (χ1n) is 11.4. The maximum absolute atomic E-state index is 13.5. The van der Waals surface area contributed by atoms with E-state index >= 15 is 0 Å². The molecule has 0 amide bonds. The van der Waals surface area contributed by atoms with E-state index in [1.165, 1.54) is 62.1 Å². The fourth-order valence-corrected chi connectivity index (χ4v) is 4.86. The van der Waals surface area contributed by atoms with Crippen LogP contribution in [-0.4, -0.2) is 20.3 Å². The van der Waals surface area contributed by atoms with E-state index in [1.807, 2.05) is 0 Å². The lowest BCUT2D eigenvalue weighted by Crippen LogP contribution is -2.43. The van der Waals surface area contributed by atoms with Crippen molar-refractivity contribution in [3.05, 3.63) is 65.2 Å². The first kappa shape index (κ1) is 21.5. The molecule has 0 radical (unpaired) electrons. The quantitative estimate of drug-likeness (QED) is 0.546. The Hall–Kier alpha value is -1.72. The van der Waals surface area contributed by atoms with Crippen molar-refractivity contribution >= 4 is 12.6 Å². The van der Waals surface area contributed by atoms with Crippen LogP contribution in [0.15, 0.2) is 42.5 Å². The summed E-state index contributed by atoms with van der Waals surface area (Å²) in [6.45, 7) is 3.29. The van der Waals surface area contributed by atoms with Crippen molar-refractivity contribution in [1.82, 2.24) is 0 Å². The minimum atomic E-state index is -0.878. The third-order valence-electron chi connectivity index (χ3n) is 6.81. The average molecular weight is 412 g/mol. The summed E-state index contributed by atoms with van der Waals surface area (Å²) < 4.78 is 38.2. The number of hydrogen-bond donors (Lipinski definition) is 0. The highest BCUT2D eigenvalue weighted by Gasteiger charge is 2.31.